The van der Waals surface area contributed by atoms with Gasteiger partial charge in [-0.15, -0.1) is 0 Å². The molecule has 1 aliphatic heterocycles. The van der Waals surface area contributed by atoms with Crippen molar-refractivity contribution >= 4 is 12.0 Å². The highest BCUT2D eigenvalue weighted by molar-refractivity contribution is 5.76. The van der Waals surface area contributed by atoms with E-state index in [-0.39, 0.29) is 11.9 Å². The van der Waals surface area contributed by atoms with Crippen molar-refractivity contribution in [1.82, 2.24) is 10.2 Å². The Hall–Kier alpha value is -1.26. The molecule has 1 fully saturated rings. The van der Waals surface area contributed by atoms with E-state index in [0.29, 0.717) is 25.4 Å². The molecule has 92 valence electrons. The van der Waals surface area contributed by atoms with Gasteiger partial charge >= 0.3 is 6.09 Å². The number of carboxylic acid groups (broad SMARTS) is 1. The van der Waals surface area contributed by atoms with E-state index in [1.165, 1.54) is 4.90 Å². The molecule has 0 radical (unpaired) electrons. The van der Waals surface area contributed by atoms with E-state index in [1.807, 2.05) is 13.8 Å². The van der Waals surface area contributed by atoms with Crippen LogP contribution in [0.4, 0.5) is 4.79 Å². The van der Waals surface area contributed by atoms with Crippen molar-refractivity contribution in [1.29, 1.82) is 0 Å². The first-order chi connectivity index (χ1) is 7.49. The number of amides is 2. The minimum atomic E-state index is -0.856. The molecule has 0 aliphatic carbocycles. The van der Waals surface area contributed by atoms with Gasteiger partial charge < -0.3 is 15.3 Å². The smallest absolute Gasteiger partial charge is 0.407 e. The first kappa shape index (κ1) is 12.8. The van der Waals surface area contributed by atoms with Crippen molar-refractivity contribution in [3.05, 3.63) is 0 Å². The molecule has 5 heteroatoms. The molecule has 0 saturated carbocycles. The van der Waals surface area contributed by atoms with Gasteiger partial charge in [0.05, 0.1) is 0 Å². The molecule has 2 amide bonds. The fourth-order valence-corrected chi connectivity index (χ4v) is 1.97. The Bertz CT molecular complexity index is 258. The van der Waals surface area contributed by atoms with Crippen molar-refractivity contribution in [2.75, 3.05) is 13.1 Å². The molecule has 1 aliphatic rings. The summed E-state index contributed by atoms with van der Waals surface area (Å²) in [6.45, 7) is 4.97. The van der Waals surface area contributed by atoms with Crippen LogP contribution in [-0.4, -0.2) is 41.1 Å². The molecule has 0 atom stereocenters. The third-order valence-corrected chi connectivity index (χ3v) is 2.81. The van der Waals surface area contributed by atoms with Gasteiger partial charge in [0.25, 0.3) is 0 Å². The Morgan fingerprint density at radius 1 is 1.38 bits per heavy atom. The standard InChI is InChI=1S/C11H20N2O3/c1-8(2)12-10(14)7-9-3-5-13(6-4-9)11(15)16/h8-9H,3-7H2,1-2H3,(H,12,14)(H,15,16). The number of likely N-dealkylation sites (tertiary alicyclic amines) is 1. The molecule has 0 unspecified atom stereocenters. The van der Waals surface area contributed by atoms with Crippen LogP contribution in [0.2, 0.25) is 0 Å². The van der Waals surface area contributed by atoms with E-state index >= 15 is 0 Å². The minimum Gasteiger partial charge on any atom is -0.465 e. The Morgan fingerprint density at radius 2 is 1.94 bits per heavy atom. The van der Waals surface area contributed by atoms with Gasteiger partial charge in [0, 0.05) is 25.6 Å². The summed E-state index contributed by atoms with van der Waals surface area (Å²) in [6, 6.07) is 0.173. The van der Waals surface area contributed by atoms with Crippen LogP contribution in [0.15, 0.2) is 0 Å². The molecule has 0 aromatic heterocycles. The van der Waals surface area contributed by atoms with Gasteiger partial charge in [-0.2, -0.15) is 0 Å². The van der Waals surface area contributed by atoms with Crippen LogP contribution in [0.1, 0.15) is 33.1 Å². The molecule has 5 nitrogen and oxygen atoms in total. The van der Waals surface area contributed by atoms with Crippen LogP contribution >= 0.6 is 0 Å². The third kappa shape index (κ3) is 4.08. The summed E-state index contributed by atoms with van der Waals surface area (Å²) in [6.07, 6.45) is 1.24. The predicted molar refractivity (Wildman–Crippen MR) is 60.2 cm³/mol. The van der Waals surface area contributed by atoms with Gasteiger partial charge in [0.2, 0.25) is 5.91 Å². The lowest BCUT2D eigenvalue weighted by molar-refractivity contribution is -0.122. The number of nitrogens with one attached hydrogen (secondary N) is 1. The highest BCUT2D eigenvalue weighted by Crippen LogP contribution is 2.20. The van der Waals surface area contributed by atoms with Gasteiger partial charge in [0.15, 0.2) is 0 Å². The first-order valence-corrected chi connectivity index (χ1v) is 5.76. The average molecular weight is 228 g/mol. The van der Waals surface area contributed by atoms with Gasteiger partial charge in [-0.1, -0.05) is 0 Å². The largest absolute Gasteiger partial charge is 0.465 e. The number of carbonyl (C=O) groups excluding carboxylic acids is 1. The van der Waals surface area contributed by atoms with E-state index in [2.05, 4.69) is 5.32 Å². The van der Waals surface area contributed by atoms with Crippen LogP contribution in [0, 0.1) is 5.92 Å². The Morgan fingerprint density at radius 3 is 2.38 bits per heavy atom. The molecule has 2 N–H and O–H groups in total. The second-order valence-electron chi connectivity index (χ2n) is 4.64. The zero-order valence-corrected chi connectivity index (χ0v) is 9.90. The molecule has 1 rings (SSSR count). The Labute approximate surface area is 95.8 Å². The summed E-state index contributed by atoms with van der Waals surface area (Å²) in [4.78, 5) is 23.6. The van der Waals surface area contributed by atoms with Crippen LogP contribution in [0.5, 0.6) is 0 Å². The normalized spacial score (nSPS) is 17.6. The molecule has 0 aromatic rings. The van der Waals surface area contributed by atoms with E-state index in [0.717, 1.165) is 12.8 Å². The molecular weight excluding hydrogens is 208 g/mol. The second-order valence-corrected chi connectivity index (χ2v) is 4.64. The van der Waals surface area contributed by atoms with Gasteiger partial charge in [0.1, 0.15) is 0 Å². The maximum absolute atomic E-state index is 11.5. The monoisotopic (exact) mass is 228 g/mol. The van der Waals surface area contributed by atoms with Gasteiger partial charge in [-0.05, 0) is 32.6 Å². The lowest BCUT2D eigenvalue weighted by Gasteiger charge is -2.29. The molecule has 0 aromatic carbocycles. The summed E-state index contributed by atoms with van der Waals surface area (Å²) in [5.74, 6) is 0.401. The van der Waals surface area contributed by atoms with Crippen molar-refractivity contribution < 1.29 is 14.7 Å². The van der Waals surface area contributed by atoms with Crippen molar-refractivity contribution in [2.24, 2.45) is 5.92 Å². The molecule has 0 spiro atoms. The van der Waals surface area contributed by atoms with E-state index < -0.39 is 6.09 Å². The number of hydrogen-bond donors (Lipinski definition) is 2. The fraction of sp³-hybridized carbons (Fsp3) is 0.818. The minimum absolute atomic E-state index is 0.0729. The molecular formula is C11H20N2O3. The first-order valence-electron chi connectivity index (χ1n) is 5.76. The van der Waals surface area contributed by atoms with E-state index in [1.54, 1.807) is 0 Å². The Balaban J connectivity index is 2.26. The fourth-order valence-electron chi connectivity index (χ4n) is 1.97. The molecule has 16 heavy (non-hydrogen) atoms. The third-order valence-electron chi connectivity index (χ3n) is 2.81. The van der Waals surface area contributed by atoms with E-state index in [9.17, 15) is 9.59 Å². The van der Waals surface area contributed by atoms with Crippen LogP contribution in [0.3, 0.4) is 0 Å². The zero-order valence-electron chi connectivity index (χ0n) is 9.90. The van der Waals surface area contributed by atoms with Crippen LogP contribution in [-0.2, 0) is 4.79 Å². The average Bonchev–Trinajstić information content (AvgIpc) is 2.16. The van der Waals surface area contributed by atoms with Crippen LogP contribution in [0.25, 0.3) is 0 Å². The maximum atomic E-state index is 11.5. The molecule has 1 heterocycles. The molecule has 1 saturated heterocycles. The number of hydrogen-bond acceptors (Lipinski definition) is 2. The summed E-state index contributed by atoms with van der Waals surface area (Å²) >= 11 is 0. The highest BCUT2D eigenvalue weighted by atomic mass is 16.4. The second kappa shape index (κ2) is 5.72. The highest BCUT2D eigenvalue weighted by Gasteiger charge is 2.23. The maximum Gasteiger partial charge on any atom is 0.407 e. The van der Waals surface area contributed by atoms with Crippen molar-refractivity contribution in [3.8, 4) is 0 Å². The quantitative estimate of drug-likeness (QED) is 0.764. The predicted octanol–water partition coefficient (Wildman–Crippen LogP) is 1.29. The summed E-state index contributed by atoms with van der Waals surface area (Å²) in [7, 11) is 0. The Kier molecular flexibility index (Phi) is 4.58. The molecule has 0 bridgehead atoms. The number of rotatable bonds is 3. The van der Waals surface area contributed by atoms with Crippen molar-refractivity contribution in [2.45, 2.75) is 39.2 Å². The summed E-state index contributed by atoms with van der Waals surface area (Å²) in [5, 5.41) is 11.6. The van der Waals surface area contributed by atoms with Crippen LogP contribution < -0.4 is 5.32 Å². The number of carbonyl (C=O) groups is 2. The number of piperidine rings is 1. The summed E-state index contributed by atoms with van der Waals surface area (Å²) in [5.41, 5.74) is 0. The number of nitrogens with zero attached hydrogens (tertiary/aromatic N) is 1. The lowest BCUT2D eigenvalue weighted by atomic mass is 9.93. The van der Waals surface area contributed by atoms with Crippen molar-refractivity contribution in [3.63, 3.8) is 0 Å². The van der Waals surface area contributed by atoms with E-state index in [4.69, 9.17) is 5.11 Å². The SMILES string of the molecule is CC(C)NC(=O)CC1CCN(C(=O)O)CC1. The lowest BCUT2D eigenvalue weighted by Crippen LogP contribution is -2.39. The topological polar surface area (TPSA) is 69.6 Å². The summed E-state index contributed by atoms with van der Waals surface area (Å²) < 4.78 is 0. The zero-order chi connectivity index (χ0) is 12.1. The van der Waals surface area contributed by atoms with Gasteiger partial charge in [-0.3, -0.25) is 4.79 Å². The van der Waals surface area contributed by atoms with Gasteiger partial charge in [-0.25, -0.2) is 4.79 Å².